The second-order valence-corrected chi connectivity index (χ2v) is 31.4. The molecule has 12 aliphatic carbocycles. The van der Waals surface area contributed by atoms with Crippen LogP contribution in [-0.4, -0.2) is 66.0 Å². The number of imidazole rings is 3. The number of carbonyl (C=O) groups is 1. The predicted molar refractivity (Wildman–Crippen MR) is 328 cm³/mol. The van der Waals surface area contributed by atoms with Crippen molar-refractivity contribution in [2.24, 2.45) is 81.3 Å². The molecule has 0 amide bonds. The van der Waals surface area contributed by atoms with Crippen LogP contribution in [0.1, 0.15) is 177 Å². The average Bonchev–Trinajstić information content (AvgIpc) is 1.47. The second-order valence-electron chi connectivity index (χ2n) is 29.8. The van der Waals surface area contributed by atoms with Crippen LogP contribution < -0.4 is 0 Å². The van der Waals surface area contributed by atoms with Crippen LogP contribution in [0.5, 0.6) is 0 Å². The maximum atomic E-state index is 14.9. The van der Waals surface area contributed by atoms with Gasteiger partial charge in [0, 0.05) is 46.7 Å². The fourth-order valence-corrected chi connectivity index (χ4v) is 23.5. The number of hydrogen-bond acceptors (Lipinski definition) is 9. The van der Waals surface area contributed by atoms with Crippen molar-refractivity contribution in [1.29, 1.82) is 10.5 Å². The lowest BCUT2D eigenvalue weighted by molar-refractivity contribution is -0.159. The first-order valence-corrected chi connectivity index (χ1v) is 34.5. The summed E-state index contributed by atoms with van der Waals surface area (Å²) in [5, 5.41) is 27.8. The van der Waals surface area contributed by atoms with Gasteiger partial charge in [0.15, 0.2) is 0 Å². The van der Waals surface area contributed by atoms with Crippen LogP contribution in [0.2, 0.25) is 0 Å². The van der Waals surface area contributed by atoms with Crippen molar-refractivity contribution >= 4 is 16.1 Å². The van der Waals surface area contributed by atoms with Gasteiger partial charge in [-0.25, -0.2) is 28.1 Å². The molecule has 89 heavy (non-hydrogen) atoms. The molecule has 15 aliphatic rings. The van der Waals surface area contributed by atoms with Crippen molar-refractivity contribution in [2.45, 2.75) is 166 Å². The molecule has 3 aromatic carbocycles. The summed E-state index contributed by atoms with van der Waals surface area (Å²) in [5.74, 6) is 4.84. The Bertz CT molecular complexity index is 3810. The van der Waals surface area contributed by atoms with E-state index in [9.17, 15) is 36.8 Å². The molecule has 12 saturated carbocycles. The molecule has 3 aromatic heterocycles. The van der Waals surface area contributed by atoms with Crippen LogP contribution in [0.15, 0.2) is 92.2 Å². The molecule has 12 fully saturated rings. The Morgan fingerprint density at radius 2 is 0.876 bits per heavy atom. The van der Waals surface area contributed by atoms with E-state index in [-0.39, 0.29) is 63.2 Å². The number of rotatable bonds is 12. The summed E-state index contributed by atoms with van der Waals surface area (Å²) in [6.07, 6.45) is 34.7. The molecule has 468 valence electrons. The van der Waals surface area contributed by atoms with Gasteiger partial charge in [0.1, 0.15) is 17.5 Å². The van der Waals surface area contributed by atoms with Gasteiger partial charge in [-0.15, -0.1) is 0 Å². The van der Waals surface area contributed by atoms with E-state index in [0.29, 0.717) is 65.9 Å². The second kappa shape index (κ2) is 22.7. The van der Waals surface area contributed by atoms with Gasteiger partial charge in [-0.3, -0.25) is 8.98 Å². The van der Waals surface area contributed by atoms with E-state index >= 15 is 0 Å². The molecule has 0 radical (unpaired) electrons. The van der Waals surface area contributed by atoms with Gasteiger partial charge in [0.25, 0.3) is 10.1 Å². The van der Waals surface area contributed by atoms with Crippen molar-refractivity contribution in [2.75, 3.05) is 6.26 Å². The predicted octanol–water partition coefficient (Wildman–Crippen LogP) is 14.5. The van der Waals surface area contributed by atoms with E-state index in [0.717, 1.165) is 102 Å². The molecule has 6 unspecified atom stereocenters. The lowest BCUT2D eigenvalue weighted by Gasteiger charge is -2.59. The topological polar surface area (TPSA) is 213 Å². The highest BCUT2D eigenvalue weighted by Crippen LogP contribution is 2.67. The molecule has 6 aromatic rings. The van der Waals surface area contributed by atoms with Crippen LogP contribution >= 0.6 is 0 Å². The number of fused-ring (bicyclic) bond motifs is 9. The summed E-state index contributed by atoms with van der Waals surface area (Å²) in [6.45, 7) is 1.43. The number of carboxylic acids is 1. The number of hydrogen-bond donors (Lipinski definition) is 1. The fraction of sp³-hybridized carbons (Fsp3) is 0.577. The molecule has 3 N–H and O–H groups in total. The summed E-state index contributed by atoms with van der Waals surface area (Å²) in [5.41, 5.74) is 7.42. The van der Waals surface area contributed by atoms with Gasteiger partial charge >= 0.3 is 5.97 Å². The van der Waals surface area contributed by atoms with Crippen LogP contribution in [0.25, 0.3) is 33.8 Å². The van der Waals surface area contributed by atoms with Crippen LogP contribution in [0.4, 0.5) is 13.2 Å². The van der Waals surface area contributed by atoms with E-state index in [1.165, 1.54) is 96.1 Å². The molecule has 0 saturated heterocycles. The third-order valence-electron chi connectivity index (χ3n) is 24.5. The average molecular weight is 1230 g/mol. The monoisotopic (exact) mass is 1230 g/mol. The minimum absolute atomic E-state index is 0. The van der Waals surface area contributed by atoms with Crippen molar-refractivity contribution in [3.8, 4) is 45.9 Å². The molecule has 3 aliphatic heterocycles. The van der Waals surface area contributed by atoms with Crippen molar-refractivity contribution in [3.63, 3.8) is 0 Å². The lowest BCUT2D eigenvalue weighted by Crippen LogP contribution is -2.53. The van der Waals surface area contributed by atoms with Crippen LogP contribution in [0.3, 0.4) is 0 Å². The zero-order chi connectivity index (χ0) is 60.6. The number of aliphatic carboxylic acids is 1. The summed E-state index contributed by atoms with van der Waals surface area (Å²) in [4.78, 5) is 25.4. The zero-order valence-electron chi connectivity index (χ0n) is 50.9. The summed E-state index contributed by atoms with van der Waals surface area (Å²) in [7, 11) is -3.63. The number of halogens is 3. The number of aromatic nitrogens is 6. The Hall–Kier alpha value is -6.60. The maximum absolute atomic E-state index is 14.9. The van der Waals surface area contributed by atoms with E-state index in [1.54, 1.807) is 55.4 Å². The maximum Gasteiger partial charge on any atom is 0.307 e. The summed E-state index contributed by atoms with van der Waals surface area (Å²) in [6, 6.07) is 19.4. The zero-order valence-corrected chi connectivity index (χ0v) is 51.7. The van der Waals surface area contributed by atoms with Crippen LogP contribution in [0, 0.1) is 121 Å². The quantitative estimate of drug-likeness (QED) is 0.114. The first kappa shape index (κ1) is 60.0. The third-order valence-corrected chi connectivity index (χ3v) is 25.1. The van der Waals surface area contributed by atoms with Crippen LogP contribution in [-0.2, 0) is 19.1 Å². The first-order valence-electron chi connectivity index (χ1n) is 32.7. The lowest BCUT2D eigenvalue weighted by atomic mass is 9.46. The molecule has 6 atom stereocenters. The number of nitrogens with zero attached hydrogens (tertiary/aromatic N) is 8. The Balaban J connectivity index is 0.000000114. The fourth-order valence-electron chi connectivity index (χ4n) is 22.8. The molecular weight excluding hydrogens is 1150 g/mol. The van der Waals surface area contributed by atoms with E-state index in [1.807, 2.05) is 39.9 Å². The Morgan fingerprint density at radius 3 is 1.20 bits per heavy atom. The molecule has 18 heteroatoms. The number of carboxylic acid groups (broad SMARTS) is 1. The Labute approximate surface area is 519 Å². The highest BCUT2D eigenvalue weighted by molar-refractivity contribution is 7.86. The van der Waals surface area contributed by atoms with Gasteiger partial charge in [0.2, 0.25) is 0 Å². The van der Waals surface area contributed by atoms with Gasteiger partial charge < -0.3 is 24.3 Å². The first-order chi connectivity index (χ1) is 42.4. The molecule has 6 heterocycles. The van der Waals surface area contributed by atoms with Gasteiger partial charge in [-0.1, -0.05) is 36.4 Å². The standard InChI is InChI=1S/C23H24FN3.C23H27FN2O3S.C23H25FN2O2.C2H3N.H2O/c24-19-3-1-2-18-21-12-26-13-27(21)20(22(18)19)7-17(11-25)23-8-14-4-15(9-23)6-16(5-14)10-23;1-30(27,28)29-21(23-9-14-5-15(10-23)7-16(6-14)11-23)8-19-22-17(3-2-4-18(22)24)20-12-25-13-26(19)20;24-18-3-1-2-16-20-11-25-12-26(20)19(21(16)18)7-17(22(27)28)23-8-13-4-14(9-23)6-15(5-13)10-23;1-2-3;/h1-3,12-17,20H,4-10H2;2-4,12-16,19,21H,5-11H2,1H3;1-3,11-15,17,19H,4-10H2,(H,27,28);1H3;1H2. The van der Waals surface area contributed by atoms with Crippen molar-refractivity contribution in [1.82, 2.24) is 28.7 Å². The molecule has 21 rings (SSSR count). The molecule has 12 bridgehead atoms. The minimum atomic E-state index is -3.63. The summed E-state index contributed by atoms with van der Waals surface area (Å²) >= 11 is 0. The van der Waals surface area contributed by atoms with Crippen molar-refractivity contribution < 1.29 is 41.1 Å². The van der Waals surface area contributed by atoms with Crippen molar-refractivity contribution in [3.05, 3.63) is 126 Å². The minimum Gasteiger partial charge on any atom is -0.481 e. The largest absolute Gasteiger partial charge is 0.481 e. The van der Waals surface area contributed by atoms with Gasteiger partial charge in [-0.2, -0.15) is 18.9 Å². The Kier molecular flexibility index (Phi) is 15.3. The smallest absolute Gasteiger partial charge is 0.307 e. The molecule has 0 spiro atoms. The molecular formula is C71H81F3N8O6S. The molecule has 14 nitrogen and oxygen atoms in total. The van der Waals surface area contributed by atoms with Gasteiger partial charge in [0.05, 0.1) is 109 Å². The van der Waals surface area contributed by atoms with E-state index < -0.39 is 28.1 Å². The van der Waals surface area contributed by atoms with Gasteiger partial charge in [-0.05, 0) is 216 Å². The highest BCUT2D eigenvalue weighted by atomic mass is 32.2. The SMILES string of the molecule is CC#N.CS(=O)(=O)OC(CC1c2c(F)cccc2-c2cncn21)C12CC3CC(CC(C3)C1)C2.N#CC(CC1c2c(F)cccc2-c2cncn21)C12CC3CC(CC(C3)C1)C2.O.O=C(O)C(CC1c2c(F)cccc2-c2cncn21)C12CC3CC(CC(C3)C1)C2. The normalized spacial score (nSPS) is 34.0. The van der Waals surface area contributed by atoms with E-state index in [2.05, 4.69) is 25.6 Å². The number of benzene rings is 3. The highest BCUT2D eigenvalue weighted by Gasteiger charge is 2.59. The number of nitriles is 2. The Morgan fingerprint density at radius 1 is 0.562 bits per heavy atom. The summed E-state index contributed by atoms with van der Waals surface area (Å²) < 4.78 is 81.1. The van der Waals surface area contributed by atoms with E-state index in [4.69, 9.17) is 9.44 Å². The third kappa shape index (κ3) is 10.3.